The Hall–Kier alpha value is -2.30. The maximum Gasteiger partial charge on any atom is 0.338 e. The molecule has 1 fully saturated rings. The molecule has 0 unspecified atom stereocenters. The Morgan fingerprint density at radius 1 is 1.23 bits per heavy atom. The summed E-state index contributed by atoms with van der Waals surface area (Å²) in [6.45, 7) is 4.13. The van der Waals surface area contributed by atoms with Crippen molar-refractivity contribution in [1.29, 1.82) is 0 Å². The molecule has 5 nitrogen and oxygen atoms in total. The van der Waals surface area contributed by atoms with Crippen molar-refractivity contribution >= 4 is 23.7 Å². The van der Waals surface area contributed by atoms with Crippen molar-refractivity contribution in [3.63, 3.8) is 0 Å². The molecule has 0 bridgehead atoms. The van der Waals surface area contributed by atoms with Gasteiger partial charge >= 0.3 is 11.9 Å². The van der Waals surface area contributed by atoms with E-state index in [9.17, 15) is 9.59 Å². The maximum absolute atomic E-state index is 12.0. The van der Waals surface area contributed by atoms with E-state index in [0.29, 0.717) is 35.9 Å². The molecule has 1 saturated carbocycles. The molecule has 22 heavy (non-hydrogen) atoms. The molecule has 0 atom stereocenters. The lowest BCUT2D eigenvalue weighted by Gasteiger charge is -2.11. The van der Waals surface area contributed by atoms with Gasteiger partial charge in [0, 0.05) is 11.8 Å². The van der Waals surface area contributed by atoms with Gasteiger partial charge in [0.25, 0.3) is 0 Å². The van der Waals surface area contributed by atoms with E-state index >= 15 is 0 Å². The standard InChI is InChI=1S/C17H21NO4/c1-3-21-15(19)8-7-12-9-13(17(20)22-4-2)10-14(16(12)18)11-5-6-11/h7-11H,3-6,18H2,1-2H3. The highest BCUT2D eigenvalue weighted by atomic mass is 16.5. The van der Waals surface area contributed by atoms with E-state index in [-0.39, 0.29) is 5.97 Å². The minimum Gasteiger partial charge on any atom is -0.463 e. The minimum atomic E-state index is -0.434. The van der Waals surface area contributed by atoms with E-state index in [2.05, 4.69) is 0 Å². The molecule has 0 saturated heterocycles. The van der Waals surface area contributed by atoms with E-state index < -0.39 is 5.97 Å². The number of nitrogens with two attached hydrogens (primary N) is 1. The number of rotatable bonds is 6. The Kier molecular flexibility index (Phi) is 5.20. The Balaban J connectivity index is 2.34. The Morgan fingerprint density at radius 2 is 1.91 bits per heavy atom. The first kappa shape index (κ1) is 16.1. The summed E-state index contributed by atoms with van der Waals surface area (Å²) in [5, 5.41) is 0. The molecule has 0 radical (unpaired) electrons. The van der Waals surface area contributed by atoms with Crippen LogP contribution in [0.25, 0.3) is 6.08 Å². The average molecular weight is 303 g/mol. The van der Waals surface area contributed by atoms with Gasteiger partial charge in [-0.05, 0) is 61.9 Å². The van der Waals surface area contributed by atoms with Crippen LogP contribution in [-0.2, 0) is 14.3 Å². The number of esters is 2. The molecule has 0 aliphatic heterocycles. The summed E-state index contributed by atoms with van der Waals surface area (Å²) in [6, 6.07) is 3.45. The van der Waals surface area contributed by atoms with Gasteiger partial charge in [-0.15, -0.1) is 0 Å². The number of hydrogen-bond donors (Lipinski definition) is 1. The van der Waals surface area contributed by atoms with Crippen molar-refractivity contribution in [2.45, 2.75) is 32.6 Å². The lowest BCUT2D eigenvalue weighted by Crippen LogP contribution is -2.08. The summed E-state index contributed by atoms with van der Waals surface area (Å²) in [4.78, 5) is 23.4. The molecule has 1 aliphatic rings. The van der Waals surface area contributed by atoms with Gasteiger partial charge in [-0.3, -0.25) is 0 Å². The highest BCUT2D eigenvalue weighted by Gasteiger charge is 2.27. The summed E-state index contributed by atoms with van der Waals surface area (Å²) in [7, 11) is 0. The first-order valence-electron chi connectivity index (χ1n) is 7.52. The van der Waals surface area contributed by atoms with E-state index in [4.69, 9.17) is 15.2 Å². The molecule has 2 rings (SSSR count). The van der Waals surface area contributed by atoms with Gasteiger partial charge in [0.05, 0.1) is 18.8 Å². The molecule has 0 heterocycles. The van der Waals surface area contributed by atoms with Crippen molar-refractivity contribution in [3.8, 4) is 0 Å². The number of carbonyl (C=O) groups is 2. The Labute approximate surface area is 130 Å². The van der Waals surface area contributed by atoms with Crippen LogP contribution in [0.1, 0.15) is 54.1 Å². The predicted molar refractivity (Wildman–Crippen MR) is 84.5 cm³/mol. The summed E-state index contributed by atoms with van der Waals surface area (Å²) in [5.41, 5.74) is 8.83. The van der Waals surface area contributed by atoms with E-state index in [1.54, 1.807) is 32.1 Å². The van der Waals surface area contributed by atoms with Crippen molar-refractivity contribution in [3.05, 3.63) is 34.9 Å². The monoisotopic (exact) mass is 303 g/mol. The first-order chi connectivity index (χ1) is 10.6. The van der Waals surface area contributed by atoms with Crippen molar-refractivity contribution in [2.75, 3.05) is 18.9 Å². The molecule has 0 spiro atoms. The second kappa shape index (κ2) is 7.11. The fourth-order valence-electron chi connectivity index (χ4n) is 2.25. The lowest BCUT2D eigenvalue weighted by atomic mass is 9.99. The molecular formula is C17H21NO4. The molecule has 118 valence electrons. The van der Waals surface area contributed by atoms with Gasteiger partial charge in [-0.2, -0.15) is 0 Å². The summed E-state index contributed by atoms with van der Waals surface area (Å²) in [6.07, 6.45) is 5.04. The maximum atomic E-state index is 12.0. The van der Waals surface area contributed by atoms with Crippen LogP contribution in [0.15, 0.2) is 18.2 Å². The molecular weight excluding hydrogens is 282 g/mol. The van der Waals surface area contributed by atoms with Crippen molar-refractivity contribution in [1.82, 2.24) is 0 Å². The lowest BCUT2D eigenvalue weighted by molar-refractivity contribution is -0.137. The van der Waals surface area contributed by atoms with Gasteiger partial charge in [0.15, 0.2) is 0 Å². The smallest absolute Gasteiger partial charge is 0.338 e. The third kappa shape index (κ3) is 3.87. The topological polar surface area (TPSA) is 78.6 Å². The molecule has 0 aromatic heterocycles. The number of hydrogen-bond acceptors (Lipinski definition) is 5. The van der Waals surface area contributed by atoms with Crippen LogP contribution in [0.3, 0.4) is 0 Å². The summed E-state index contributed by atoms with van der Waals surface area (Å²) < 4.78 is 9.90. The Morgan fingerprint density at radius 3 is 2.50 bits per heavy atom. The Bertz CT molecular complexity index is 603. The van der Waals surface area contributed by atoms with Crippen LogP contribution in [0.5, 0.6) is 0 Å². The van der Waals surface area contributed by atoms with Gasteiger partial charge in [-0.1, -0.05) is 0 Å². The predicted octanol–water partition coefficient (Wildman–Crippen LogP) is 2.90. The number of anilines is 1. The molecule has 0 amide bonds. The zero-order valence-corrected chi connectivity index (χ0v) is 12.9. The van der Waals surface area contributed by atoms with Crippen LogP contribution in [0, 0.1) is 0 Å². The molecule has 1 aromatic carbocycles. The normalized spacial score (nSPS) is 14.1. The van der Waals surface area contributed by atoms with Crippen LogP contribution in [0.2, 0.25) is 0 Å². The second-order valence-corrected chi connectivity index (χ2v) is 5.15. The number of ether oxygens (including phenoxy) is 2. The minimum absolute atomic E-state index is 0.314. The van der Waals surface area contributed by atoms with Crippen LogP contribution >= 0.6 is 0 Å². The van der Waals surface area contributed by atoms with Gasteiger partial charge in [-0.25, -0.2) is 9.59 Å². The van der Waals surface area contributed by atoms with Gasteiger partial charge < -0.3 is 15.2 Å². The van der Waals surface area contributed by atoms with Crippen molar-refractivity contribution < 1.29 is 19.1 Å². The number of benzene rings is 1. The second-order valence-electron chi connectivity index (χ2n) is 5.15. The van der Waals surface area contributed by atoms with Crippen LogP contribution < -0.4 is 5.73 Å². The molecule has 2 N–H and O–H groups in total. The highest BCUT2D eigenvalue weighted by molar-refractivity contribution is 5.94. The third-order valence-corrected chi connectivity index (χ3v) is 3.46. The summed E-state index contributed by atoms with van der Waals surface area (Å²) in [5.74, 6) is -0.421. The van der Waals surface area contributed by atoms with Crippen LogP contribution in [0.4, 0.5) is 5.69 Å². The zero-order chi connectivity index (χ0) is 16.1. The van der Waals surface area contributed by atoms with Gasteiger partial charge in [0.1, 0.15) is 0 Å². The summed E-state index contributed by atoms with van der Waals surface area (Å²) >= 11 is 0. The zero-order valence-electron chi connectivity index (χ0n) is 12.9. The highest BCUT2D eigenvalue weighted by Crippen LogP contribution is 2.44. The average Bonchev–Trinajstić information content (AvgIpc) is 3.31. The quantitative estimate of drug-likeness (QED) is 0.496. The SMILES string of the molecule is CCOC(=O)C=Cc1cc(C(=O)OCC)cc(C2CC2)c1N. The first-order valence-corrected chi connectivity index (χ1v) is 7.52. The van der Waals surface area contributed by atoms with Crippen molar-refractivity contribution in [2.24, 2.45) is 0 Å². The molecule has 1 aromatic rings. The van der Waals surface area contributed by atoms with Crippen LogP contribution in [-0.4, -0.2) is 25.2 Å². The van der Waals surface area contributed by atoms with E-state index in [1.807, 2.05) is 0 Å². The van der Waals surface area contributed by atoms with Gasteiger partial charge in [0.2, 0.25) is 0 Å². The molecule has 5 heteroatoms. The van der Waals surface area contributed by atoms with E-state index in [1.165, 1.54) is 6.08 Å². The fraction of sp³-hybridized carbons (Fsp3) is 0.412. The van der Waals surface area contributed by atoms with E-state index in [0.717, 1.165) is 18.4 Å². The largest absolute Gasteiger partial charge is 0.463 e. The number of nitrogen functional groups attached to an aromatic ring is 1. The molecule has 1 aliphatic carbocycles. The fourth-order valence-corrected chi connectivity index (χ4v) is 2.25. The number of carbonyl (C=O) groups excluding carboxylic acids is 2. The third-order valence-electron chi connectivity index (χ3n) is 3.46.